The molecule has 0 fully saturated rings. The van der Waals surface area contributed by atoms with Gasteiger partial charge in [-0.1, -0.05) is 18.2 Å². The second kappa shape index (κ2) is 6.11. The zero-order valence-corrected chi connectivity index (χ0v) is 14.0. The van der Waals surface area contributed by atoms with Crippen LogP contribution in [-0.4, -0.2) is 22.8 Å². The Kier molecular flexibility index (Phi) is 4.11. The number of hydrogen-bond donors (Lipinski definition) is 2. The van der Waals surface area contributed by atoms with Gasteiger partial charge in [-0.3, -0.25) is 4.90 Å². The van der Waals surface area contributed by atoms with Gasteiger partial charge in [-0.25, -0.2) is 4.79 Å². The molecule has 2 amide bonds. The summed E-state index contributed by atoms with van der Waals surface area (Å²) in [7, 11) is 0. The molecule has 0 saturated heterocycles. The number of hydrogen-bond acceptors (Lipinski definition) is 4. The fourth-order valence-electron chi connectivity index (χ4n) is 3.13. The molecule has 0 unspecified atom stereocenters. The minimum absolute atomic E-state index is 0.414. The molecule has 0 radical (unpaired) electrons. The van der Waals surface area contributed by atoms with Crippen LogP contribution in [0, 0.1) is 11.3 Å². The number of primary amides is 1. The molecule has 1 aliphatic rings. The van der Waals surface area contributed by atoms with Crippen LogP contribution in [0.4, 0.5) is 10.5 Å². The molecule has 2 aromatic carbocycles. The van der Waals surface area contributed by atoms with Gasteiger partial charge in [0.2, 0.25) is 0 Å². The Balaban J connectivity index is 2.21. The molecule has 0 aliphatic carbocycles. The fraction of sp³-hybridized carbons (Fsp3) is 0.263. The Labute approximate surface area is 146 Å². The van der Waals surface area contributed by atoms with E-state index in [0.29, 0.717) is 22.6 Å². The number of para-hydroxylation sites is 1. The number of aliphatic hydroxyl groups is 1. The molecule has 0 saturated carbocycles. The number of nitriles is 1. The zero-order chi connectivity index (χ0) is 18.2. The van der Waals surface area contributed by atoms with Crippen molar-refractivity contribution in [2.75, 3.05) is 4.90 Å². The summed E-state index contributed by atoms with van der Waals surface area (Å²) in [6, 6.07) is 14.4. The maximum atomic E-state index is 12.3. The number of ether oxygens (including phenoxy) is 1. The minimum Gasteiger partial charge on any atom is -0.485 e. The Morgan fingerprint density at radius 1 is 1.28 bits per heavy atom. The first-order valence-electron chi connectivity index (χ1n) is 7.90. The highest BCUT2D eigenvalue weighted by atomic mass is 16.5. The Morgan fingerprint density at radius 3 is 2.56 bits per heavy atom. The smallest absolute Gasteiger partial charge is 0.319 e. The van der Waals surface area contributed by atoms with Crippen LogP contribution in [0.2, 0.25) is 0 Å². The van der Waals surface area contributed by atoms with Gasteiger partial charge in [-0.2, -0.15) is 5.26 Å². The number of amides is 2. The summed E-state index contributed by atoms with van der Waals surface area (Å²) in [5.41, 5.74) is 6.24. The van der Waals surface area contributed by atoms with Gasteiger partial charge >= 0.3 is 6.03 Å². The number of urea groups is 1. The molecular weight excluding hydrogens is 318 g/mol. The highest BCUT2D eigenvalue weighted by Crippen LogP contribution is 2.44. The van der Waals surface area contributed by atoms with Gasteiger partial charge in [0.25, 0.3) is 0 Å². The van der Waals surface area contributed by atoms with Gasteiger partial charge in [-0.05, 0) is 44.2 Å². The van der Waals surface area contributed by atoms with Crippen LogP contribution in [0.3, 0.4) is 0 Å². The van der Waals surface area contributed by atoms with Crippen molar-refractivity contribution in [1.82, 2.24) is 0 Å². The van der Waals surface area contributed by atoms with E-state index in [1.165, 1.54) is 4.90 Å². The summed E-state index contributed by atoms with van der Waals surface area (Å²) in [5, 5.41) is 20.1. The summed E-state index contributed by atoms with van der Waals surface area (Å²) < 4.78 is 5.89. The molecule has 0 aromatic heterocycles. The lowest BCUT2D eigenvalue weighted by molar-refractivity contribution is -0.0571. The van der Waals surface area contributed by atoms with Crippen molar-refractivity contribution in [2.24, 2.45) is 5.73 Å². The van der Waals surface area contributed by atoms with Crippen molar-refractivity contribution in [1.29, 1.82) is 5.26 Å². The van der Waals surface area contributed by atoms with Crippen LogP contribution < -0.4 is 15.4 Å². The number of carbonyl (C=O) groups is 1. The van der Waals surface area contributed by atoms with E-state index in [1.807, 2.05) is 6.07 Å². The van der Waals surface area contributed by atoms with Crippen LogP contribution >= 0.6 is 0 Å². The van der Waals surface area contributed by atoms with Crippen LogP contribution in [0.15, 0.2) is 48.5 Å². The van der Waals surface area contributed by atoms with Gasteiger partial charge in [0, 0.05) is 11.3 Å². The molecule has 2 atom stereocenters. The van der Waals surface area contributed by atoms with E-state index in [1.54, 1.807) is 56.3 Å². The summed E-state index contributed by atoms with van der Waals surface area (Å²) in [6.45, 7) is 3.49. The summed E-state index contributed by atoms with van der Waals surface area (Å²) in [6.07, 6.45) is -1.04. The van der Waals surface area contributed by atoms with E-state index in [2.05, 4.69) is 6.07 Å². The number of rotatable bonds is 2. The van der Waals surface area contributed by atoms with Crippen molar-refractivity contribution < 1.29 is 14.6 Å². The zero-order valence-electron chi connectivity index (χ0n) is 14.0. The molecular formula is C19H19N3O3. The lowest BCUT2D eigenvalue weighted by Crippen LogP contribution is -2.55. The van der Waals surface area contributed by atoms with Crippen molar-refractivity contribution >= 4 is 11.7 Å². The van der Waals surface area contributed by atoms with Crippen LogP contribution in [0.5, 0.6) is 5.75 Å². The third-order valence-corrected chi connectivity index (χ3v) is 4.39. The molecule has 6 heteroatoms. The van der Waals surface area contributed by atoms with Crippen molar-refractivity contribution in [3.05, 3.63) is 59.7 Å². The molecule has 0 bridgehead atoms. The van der Waals surface area contributed by atoms with E-state index in [4.69, 9.17) is 10.5 Å². The van der Waals surface area contributed by atoms with E-state index in [9.17, 15) is 15.2 Å². The average Bonchev–Trinajstić information content (AvgIpc) is 2.59. The van der Waals surface area contributed by atoms with E-state index in [-0.39, 0.29) is 0 Å². The normalized spacial score (nSPS) is 20.7. The van der Waals surface area contributed by atoms with Gasteiger partial charge < -0.3 is 15.6 Å². The number of fused-ring (bicyclic) bond motifs is 1. The predicted octanol–water partition coefficient (Wildman–Crippen LogP) is 2.72. The minimum atomic E-state index is -1.04. The van der Waals surface area contributed by atoms with E-state index < -0.39 is 23.8 Å². The van der Waals surface area contributed by atoms with E-state index in [0.717, 1.165) is 0 Å². The van der Waals surface area contributed by atoms with Crippen molar-refractivity contribution in [2.45, 2.75) is 31.6 Å². The molecule has 1 heterocycles. The standard InChI is InChI=1S/C19H19N3O3/c1-19(2)17(23)16(14-10-12(11-20)8-9-15(14)25-19)22(18(21)24)13-6-4-3-5-7-13/h3-10,16-17,23H,1-2H3,(H2,21,24)/t16-,17+/m0/s1. The number of nitrogens with zero attached hydrogens (tertiary/aromatic N) is 2. The van der Waals surface area contributed by atoms with Crippen molar-refractivity contribution in [3.63, 3.8) is 0 Å². The highest BCUT2D eigenvalue weighted by molar-refractivity contribution is 5.92. The highest BCUT2D eigenvalue weighted by Gasteiger charge is 2.47. The first kappa shape index (κ1) is 16.8. The lowest BCUT2D eigenvalue weighted by Gasteiger charge is -2.45. The fourth-order valence-corrected chi connectivity index (χ4v) is 3.13. The number of aliphatic hydroxyl groups excluding tert-OH is 1. The molecule has 3 rings (SSSR count). The third kappa shape index (κ3) is 2.90. The number of carbonyl (C=O) groups excluding carboxylic acids is 1. The SMILES string of the molecule is CC1(C)Oc2ccc(C#N)cc2[C@H](N(C(N)=O)c2ccccc2)[C@H]1O. The third-order valence-electron chi connectivity index (χ3n) is 4.39. The van der Waals surface area contributed by atoms with Crippen LogP contribution in [-0.2, 0) is 0 Å². The molecule has 25 heavy (non-hydrogen) atoms. The summed E-state index contributed by atoms with van der Waals surface area (Å²) in [5.74, 6) is 0.515. The summed E-state index contributed by atoms with van der Waals surface area (Å²) >= 11 is 0. The van der Waals surface area contributed by atoms with Gasteiger partial charge in [0.15, 0.2) is 0 Å². The van der Waals surface area contributed by atoms with Crippen molar-refractivity contribution in [3.8, 4) is 11.8 Å². The number of benzene rings is 2. The second-order valence-corrected chi connectivity index (χ2v) is 6.50. The quantitative estimate of drug-likeness (QED) is 0.880. The Morgan fingerprint density at radius 2 is 1.96 bits per heavy atom. The molecule has 6 nitrogen and oxygen atoms in total. The van der Waals surface area contributed by atoms with Crippen LogP contribution in [0.1, 0.15) is 31.0 Å². The Bertz CT molecular complexity index is 843. The second-order valence-electron chi connectivity index (χ2n) is 6.50. The first-order chi connectivity index (χ1) is 11.8. The molecule has 128 valence electrons. The molecule has 3 N–H and O–H groups in total. The van der Waals surface area contributed by atoms with Gasteiger partial charge in [0.05, 0.1) is 17.7 Å². The summed E-state index contributed by atoms with van der Waals surface area (Å²) in [4.78, 5) is 13.6. The maximum Gasteiger partial charge on any atom is 0.319 e. The average molecular weight is 337 g/mol. The first-order valence-corrected chi connectivity index (χ1v) is 7.90. The number of anilines is 1. The van der Waals surface area contributed by atoms with Gasteiger partial charge in [0.1, 0.15) is 17.5 Å². The maximum absolute atomic E-state index is 12.3. The van der Waals surface area contributed by atoms with Crippen LogP contribution in [0.25, 0.3) is 0 Å². The predicted molar refractivity (Wildman–Crippen MR) is 93.1 cm³/mol. The Hall–Kier alpha value is -3.04. The molecule has 1 aliphatic heterocycles. The van der Waals surface area contributed by atoms with E-state index >= 15 is 0 Å². The monoisotopic (exact) mass is 337 g/mol. The van der Waals surface area contributed by atoms with Gasteiger partial charge in [-0.15, -0.1) is 0 Å². The number of nitrogens with two attached hydrogens (primary N) is 1. The molecule has 0 spiro atoms. The largest absolute Gasteiger partial charge is 0.485 e. The lowest BCUT2D eigenvalue weighted by atomic mass is 9.84. The molecule has 2 aromatic rings. The topological polar surface area (TPSA) is 99.6 Å².